The summed E-state index contributed by atoms with van der Waals surface area (Å²) in [5.41, 5.74) is -4.69. The fraction of sp³-hybridized carbons (Fsp3) is 0.485. The van der Waals surface area contributed by atoms with Gasteiger partial charge in [0.25, 0.3) is 0 Å². The van der Waals surface area contributed by atoms with Gasteiger partial charge in [0.05, 0.1) is 24.8 Å². The average Bonchev–Trinajstić information content (AvgIpc) is 3.55. The molecule has 19 heteroatoms. The van der Waals surface area contributed by atoms with E-state index in [0.29, 0.717) is 24.2 Å². The number of hydrogen-bond donors (Lipinski definition) is 0. The highest BCUT2D eigenvalue weighted by Gasteiger charge is 2.53. The van der Waals surface area contributed by atoms with Crippen LogP contribution in [0.4, 0.5) is 13.2 Å². The molecule has 282 valence electrons. The number of esters is 4. The van der Waals surface area contributed by atoms with Crippen LogP contribution in [0.15, 0.2) is 36.4 Å². The Bertz CT molecular complexity index is 1800. The lowest BCUT2D eigenvalue weighted by atomic mass is 9.87. The van der Waals surface area contributed by atoms with E-state index in [1.54, 1.807) is 0 Å². The summed E-state index contributed by atoms with van der Waals surface area (Å²) in [6, 6.07) is 9.53. The molecule has 2 aromatic rings. The van der Waals surface area contributed by atoms with Gasteiger partial charge in [0.1, 0.15) is 36.4 Å². The van der Waals surface area contributed by atoms with Crippen molar-refractivity contribution in [2.75, 3.05) is 19.8 Å². The predicted octanol–water partition coefficient (Wildman–Crippen LogP) is 3.34. The first-order valence-electron chi connectivity index (χ1n) is 15.6. The van der Waals surface area contributed by atoms with Crippen molar-refractivity contribution in [2.24, 2.45) is 0 Å². The Morgan fingerprint density at radius 1 is 0.904 bits per heavy atom. The highest BCUT2D eigenvalue weighted by Crippen LogP contribution is 2.43. The van der Waals surface area contributed by atoms with Crippen LogP contribution in [0.5, 0.6) is 11.5 Å². The molecule has 0 aromatic heterocycles. The lowest BCUT2D eigenvalue weighted by Crippen LogP contribution is -2.59. The van der Waals surface area contributed by atoms with Crippen molar-refractivity contribution < 1.29 is 78.1 Å². The molecule has 0 radical (unpaired) electrons. The Kier molecular flexibility index (Phi) is 12.7. The average molecular weight is 758 g/mol. The Labute approximate surface area is 295 Å². The number of nitriles is 1. The van der Waals surface area contributed by atoms with Crippen molar-refractivity contribution in [1.82, 2.24) is 0 Å². The third-order valence-electron chi connectivity index (χ3n) is 7.64. The molecule has 0 aliphatic carbocycles. The second-order valence-corrected chi connectivity index (χ2v) is 13.2. The van der Waals surface area contributed by atoms with Crippen LogP contribution in [0.3, 0.4) is 0 Å². The molecule has 2 fully saturated rings. The van der Waals surface area contributed by atoms with Gasteiger partial charge in [-0.25, -0.2) is 0 Å². The molecule has 0 bridgehead atoms. The molecule has 0 unspecified atom stereocenters. The van der Waals surface area contributed by atoms with Crippen molar-refractivity contribution in [2.45, 2.75) is 82.7 Å². The summed E-state index contributed by atoms with van der Waals surface area (Å²) in [6.07, 6.45) is -7.19. The molecular formula is C33H34F3NO14S. The van der Waals surface area contributed by atoms with E-state index in [1.807, 2.05) is 0 Å². The summed E-state index contributed by atoms with van der Waals surface area (Å²) in [6.45, 7) is 4.44. The molecule has 0 saturated carbocycles. The van der Waals surface area contributed by atoms with Crippen LogP contribution in [-0.4, -0.2) is 88.1 Å². The minimum absolute atomic E-state index is 0.0553. The molecule has 15 nitrogen and oxygen atoms in total. The molecular weight excluding hydrogens is 723 g/mol. The standard InChI is InChI=1S/C33H34F3NO14S/c1-17(38)45-16-28-30(46-18(2)39)32(48-20(4)41)31(47-19(3)40)29(50-28)26-12-22(23(14-37)13-27(26)49-25-9-10-44-15-25)11-21-5-7-24(8-6-21)51-52(42,43)33(34,35)36/h5-8,12-13,25,28-32H,9-11,15-16H2,1-4H3/t25-,28+,29-,30+,31-,32-/m0/s1. The summed E-state index contributed by atoms with van der Waals surface area (Å²) in [7, 11) is -5.92. The minimum atomic E-state index is -5.92. The maximum Gasteiger partial charge on any atom is 0.534 e. The van der Waals surface area contributed by atoms with Crippen molar-refractivity contribution in [3.63, 3.8) is 0 Å². The number of ether oxygens (including phenoxy) is 7. The summed E-state index contributed by atoms with van der Waals surface area (Å²) >= 11 is 0. The normalized spacial score (nSPS) is 23.1. The molecule has 2 saturated heterocycles. The fourth-order valence-corrected chi connectivity index (χ4v) is 6.00. The Morgan fingerprint density at radius 2 is 1.52 bits per heavy atom. The lowest BCUT2D eigenvalue weighted by Gasteiger charge is -2.45. The van der Waals surface area contributed by atoms with E-state index in [2.05, 4.69) is 10.3 Å². The number of hydrogen-bond acceptors (Lipinski definition) is 15. The van der Waals surface area contributed by atoms with Crippen LogP contribution >= 0.6 is 0 Å². The molecule has 2 heterocycles. The molecule has 6 atom stereocenters. The van der Waals surface area contributed by atoms with Gasteiger partial charge in [-0.2, -0.15) is 26.9 Å². The van der Waals surface area contributed by atoms with Crippen LogP contribution in [-0.2, 0) is 64.1 Å². The number of alkyl halides is 3. The van der Waals surface area contributed by atoms with Gasteiger partial charge < -0.3 is 37.3 Å². The first-order chi connectivity index (χ1) is 24.4. The van der Waals surface area contributed by atoms with Crippen molar-refractivity contribution in [1.29, 1.82) is 5.26 Å². The van der Waals surface area contributed by atoms with Crippen LogP contribution < -0.4 is 8.92 Å². The predicted molar refractivity (Wildman–Crippen MR) is 167 cm³/mol. The van der Waals surface area contributed by atoms with Crippen molar-refractivity contribution >= 4 is 34.0 Å². The number of rotatable bonds is 12. The number of benzene rings is 2. The molecule has 0 spiro atoms. The second-order valence-electron chi connectivity index (χ2n) is 11.7. The Morgan fingerprint density at radius 3 is 2.06 bits per heavy atom. The number of halogens is 3. The molecule has 52 heavy (non-hydrogen) atoms. The SMILES string of the molecule is CC(=O)OC[C@H]1O[C@@H](c2cc(Cc3ccc(OS(=O)(=O)C(F)(F)F)cc3)c(C#N)cc2O[C@H]2CCOC2)[C@H](OC(C)=O)[C@@H](OC(C)=O)[C@@H]1OC(C)=O. The third-order valence-corrected chi connectivity index (χ3v) is 8.62. The van der Waals surface area contributed by atoms with Gasteiger partial charge in [0, 0.05) is 39.7 Å². The molecule has 0 N–H and O–H groups in total. The van der Waals surface area contributed by atoms with E-state index < -0.39 is 88.5 Å². The van der Waals surface area contributed by atoms with Gasteiger partial charge in [-0.15, -0.1) is 0 Å². The van der Waals surface area contributed by atoms with E-state index in [1.165, 1.54) is 24.3 Å². The van der Waals surface area contributed by atoms with E-state index >= 15 is 0 Å². The molecule has 2 aliphatic rings. The Hall–Kier alpha value is -4.93. The zero-order chi connectivity index (χ0) is 38.4. The molecule has 4 rings (SSSR count). The highest BCUT2D eigenvalue weighted by molar-refractivity contribution is 7.88. The van der Waals surface area contributed by atoms with Gasteiger partial charge >= 0.3 is 39.5 Å². The van der Waals surface area contributed by atoms with Crippen molar-refractivity contribution in [3.05, 3.63) is 58.7 Å². The molecule has 2 aromatic carbocycles. The quantitative estimate of drug-likeness (QED) is 0.132. The van der Waals surface area contributed by atoms with Crippen molar-refractivity contribution in [3.8, 4) is 17.6 Å². The third kappa shape index (κ3) is 10.1. The number of carbonyl (C=O) groups excluding carboxylic acids is 4. The topological polar surface area (TPSA) is 200 Å². The first-order valence-corrected chi connectivity index (χ1v) is 17.0. The van der Waals surface area contributed by atoms with Gasteiger partial charge in [-0.3, -0.25) is 19.2 Å². The fourth-order valence-electron chi connectivity index (χ4n) is 5.54. The van der Waals surface area contributed by atoms with Gasteiger partial charge in [0.2, 0.25) is 0 Å². The van der Waals surface area contributed by atoms with E-state index in [0.717, 1.165) is 39.8 Å². The maximum atomic E-state index is 12.8. The minimum Gasteiger partial charge on any atom is -0.487 e. The summed E-state index contributed by atoms with van der Waals surface area (Å²) in [4.78, 5) is 48.9. The van der Waals surface area contributed by atoms with Crippen LogP contribution in [0.2, 0.25) is 0 Å². The van der Waals surface area contributed by atoms with Gasteiger partial charge in [-0.1, -0.05) is 12.1 Å². The van der Waals surface area contributed by atoms with Crippen LogP contribution in [0.25, 0.3) is 0 Å². The summed E-state index contributed by atoms with van der Waals surface area (Å²) < 4.78 is 105. The number of carbonyl (C=O) groups is 4. The summed E-state index contributed by atoms with van der Waals surface area (Å²) in [5, 5.41) is 10.1. The zero-order valence-corrected chi connectivity index (χ0v) is 29.0. The molecule has 2 aliphatic heterocycles. The van der Waals surface area contributed by atoms with Gasteiger partial charge in [0.15, 0.2) is 18.3 Å². The van der Waals surface area contributed by atoms with Gasteiger partial charge in [-0.05, 0) is 41.8 Å². The summed E-state index contributed by atoms with van der Waals surface area (Å²) in [5.74, 6) is -3.75. The highest BCUT2D eigenvalue weighted by atomic mass is 32.2. The lowest BCUT2D eigenvalue weighted by molar-refractivity contribution is -0.254. The van der Waals surface area contributed by atoms with E-state index in [9.17, 15) is 46.0 Å². The largest absolute Gasteiger partial charge is 0.534 e. The van der Waals surface area contributed by atoms with Crippen LogP contribution in [0, 0.1) is 11.3 Å². The van der Waals surface area contributed by atoms with Crippen LogP contribution in [0.1, 0.15) is 62.5 Å². The zero-order valence-electron chi connectivity index (χ0n) is 28.2. The van der Waals surface area contributed by atoms with E-state index in [4.69, 9.17) is 33.2 Å². The second kappa shape index (κ2) is 16.6. The first kappa shape index (κ1) is 39.8. The number of nitrogens with zero attached hydrogens (tertiary/aromatic N) is 1. The molecule has 0 amide bonds. The monoisotopic (exact) mass is 757 g/mol. The van der Waals surface area contributed by atoms with E-state index in [-0.39, 0.29) is 29.9 Å². The maximum absolute atomic E-state index is 12.8. The smallest absolute Gasteiger partial charge is 0.487 e. The Balaban J connectivity index is 1.84.